The highest BCUT2D eigenvalue weighted by atomic mass is 127. The summed E-state index contributed by atoms with van der Waals surface area (Å²) in [5, 5.41) is 0. The molecule has 8 nitrogen and oxygen atoms in total. The Morgan fingerprint density at radius 3 is 2.12 bits per heavy atom. The number of carbonyl (C=O) groups is 4. The zero-order chi connectivity index (χ0) is 30.3. The minimum absolute atomic E-state index is 0.0311. The van der Waals surface area contributed by atoms with Crippen molar-refractivity contribution < 1.29 is 38.1 Å². The molecule has 1 aromatic carbocycles. The maximum Gasteiger partial charge on any atom is 0.338 e. The number of carbonyl (C=O) groups excluding carboxylic acids is 4. The Labute approximate surface area is 263 Å². The zero-order valence-electron chi connectivity index (χ0n) is 24.8. The summed E-state index contributed by atoms with van der Waals surface area (Å²) in [7, 11) is 0. The standard InChI is InChI=1S/C33H45IO8/c1-3-5-6-9-23-10-17-27(18-11-23)41-33(38)26-16-19-29(28(34)22-26)42-32(37)25-14-12-24(13-15-25)31(36)40-21-8-7-20-39-30(35)4-2/h4,16,19,22-25,27H,2-3,5-15,17-18,20-21H2,1H3. The quantitative estimate of drug-likeness (QED) is 0.0468. The normalized spacial score (nSPS) is 22.0. The third-order valence-corrected chi connectivity index (χ3v) is 9.09. The maximum atomic E-state index is 12.9. The van der Waals surface area contributed by atoms with Crippen molar-refractivity contribution in [3.05, 3.63) is 40.0 Å². The summed E-state index contributed by atoms with van der Waals surface area (Å²) in [5.74, 6) is -0.702. The van der Waals surface area contributed by atoms with E-state index in [0.717, 1.165) is 37.7 Å². The summed E-state index contributed by atoms with van der Waals surface area (Å²) in [5.41, 5.74) is 0.459. The van der Waals surface area contributed by atoms with Crippen LogP contribution in [-0.4, -0.2) is 43.2 Å². The lowest BCUT2D eigenvalue weighted by atomic mass is 9.82. The predicted molar refractivity (Wildman–Crippen MR) is 167 cm³/mol. The average molecular weight is 697 g/mol. The third kappa shape index (κ3) is 11.3. The van der Waals surface area contributed by atoms with Crippen LogP contribution in [0.5, 0.6) is 5.75 Å². The van der Waals surface area contributed by atoms with Crippen LogP contribution in [0.2, 0.25) is 0 Å². The second-order valence-electron chi connectivity index (χ2n) is 11.4. The first-order chi connectivity index (χ1) is 20.3. The first-order valence-electron chi connectivity index (χ1n) is 15.5. The number of rotatable bonds is 15. The molecule has 9 heteroatoms. The van der Waals surface area contributed by atoms with Crippen LogP contribution in [0.3, 0.4) is 0 Å². The molecule has 1 aromatic rings. The molecule has 2 aliphatic rings. The van der Waals surface area contributed by atoms with E-state index < -0.39 is 5.97 Å². The SMILES string of the molecule is C=CC(=O)OCCCCOC(=O)C1CCC(C(=O)Oc2ccc(C(=O)OC3CCC(CCCCC)CC3)cc2I)CC1. The van der Waals surface area contributed by atoms with Crippen LogP contribution in [0.4, 0.5) is 0 Å². The van der Waals surface area contributed by atoms with Crippen molar-refractivity contribution in [2.75, 3.05) is 13.2 Å². The van der Waals surface area contributed by atoms with Gasteiger partial charge in [-0.05, 0) is 111 Å². The highest BCUT2D eigenvalue weighted by molar-refractivity contribution is 14.1. The molecule has 232 valence electrons. The molecule has 0 heterocycles. The fraction of sp³-hybridized carbons (Fsp3) is 0.636. The largest absolute Gasteiger partial charge is 0.465 e. The fourth-order valence-electron chi connectivity index (χ4n) is 5.63. The number of unbranched alkanes of at least 4 members (excludes halogenated alkanes) is 3. The predicted octanol–water partition coefficient (Wildman–Crippen LogP) is 7.35. The van der Waals surface area contributed by atoms with Crippen molar-refractivity contribution in [3.8, 4) is 5.75 Å². The summed E-state index contributed by atoms with van der Waals surface area (Å²) in [4.78, 5) is 49.0. The summed E-state index contributed by atoms with van der Waals surface area (Å²) in [6, 6.07) is 5.01. The molecule has 0 bridgehead atoms. The molecule has 0 aliphatic heterocycles. The molecule has 0 radical (unpaired) electrons. The third-order valence-electron chi connectivity index (χ3n) is 8.25. The lowest BCUT2D eigenvalue weighted by Gasteiger charge is -2.28. The Balaban J connectivity index is 1.36. The van der Waals surface area contributed by atoms with Gasteiger partial charge in [0, 0.05) is 6.08 Å². The number of benzene rings is 1. The first kappa shape index (κ1) is 34.1. The number of hydrogen-bond donors (Lipinski definition) is 0. The molecule has 3 rings (SSSR count). The van der Waals surface area contributed by atoms with Gasteiger partial charge >= 0.3 is 23.9 Å². The van der Waals surface area contributed by atoms with Gasteiger partial charge in [-0.2, -0.15) is 0 Å². The van der Waals surface area contributed by atoms with E-state index in [-0.39, 0.29) is 49.1 Å². The van der Waals surface area contributed by atoms with E-state index in [1.165, 1.54) is 25.7 Å². The number of halogens is 1. The topological polar surface area (TPSA) is 105 Å². The van der Waals surface area contributed by atoms with Gasteiger partial charge in [0.1, 0.15) is 11.9 Å². The van der Waals surface area contributed by atoms with Crippen LogP contribution in [0.15, 0.2) is 30.9 Å². The molecule has 42 heavy (non-hydrogen) atoms. The highest BCUT2D eigenvalue weighted by Crippen LogP contribution is 2.33. The molecule has 2 aliphatic carbocycles. The van der Waals surface area contributed by atoms with Gasteiger partial charge < -0.3 is 18.9 Å². The molecule has 0 unspecified atom stereocenters. The van der Waals surface area contributed by atoms with Gasteiger partial charge in [-0.15, -0.1) is 0 Å². The molecule has 0 N–H and O–H groups in total. The molecular formula is C33H45IO8. The molecule has 0 amide bonds. The highest BCUT2D eigenvalue weighted by Gasteiger charge is 2.32. The Morgan fingerprint density at radius 1 is 0.857 bits per heavy atom. The monoisotopic (exact) mass is 696 g/mol. The molecule has 2 saturated carbocycles. The van der Waals surface area contributed by atoms with Gasteiger partial charge in [-0.1, -0.05) is 39.2 Å². The lowest BCUT2D eigenvalue weighted by molar-refractivity contribution is -0.152. The van der Waals surface area contributed by atoms with E-state index in [1.807, 2.05) is 0 Å². The summed E-state index contributed by atoms with van der Waals surface area (Å²) in [6.45, 7) is 6.10. The zero-order valence-corrected chi connectivity index (χ0v) is 26.9. The van der Waals surface area contributed by atoms with Gasteiger partial charge in [-0.25, -0.2) is 9.59 Å². The second-order valence-corrected chi connectivity index (χ2v) is 12.6. The van der Waals surface area contributed by atoms with Crippen LogP contribution < -0.4 is 4.74 Å². The molecule has 0 saturated heterocycles. The van der Waals surface area contributed by atoms with Crippen molar-refractivity contribution >= 4 is 46.5 Å². The summed E-state index contributed by atoms with van der Waals surface area (Å²) < 4.78 is 22.4. The number of esters is 4. The van der Waals surface area contributed by atoms with Crippen molar-refractivity contribution in [2.24, 2.45) is 17.8 Å². The second kappa shape index (κ2) is 18.3. The van der Waals surface area contributed by atoms with E-state index in [2.05, 4.69) is 36.1 Å². The van der Waals surface area contributed by atoms with Crippen LogP contribution in [-0.2, 0) is 28.6 Å². The maximum absolute atomic E-state index is 12.9. The van der Waals surface area contributed by atoms with Crippen molar-refractivity contribution in [1.29, 1.82) is 0 Å². The molecule has 2 fully saturated rings. The van der Waals surface area contributed by atoms with Crippen LogP contribution >= 0.6 is 22.6 Å². The number of hydrogen-bond acceptors (Lipinski definition) is 8. The van der Waals surface area contributed by atoms with E-state index >= 15 is 0 Å². The van der Waals surface area contributed by atoms with Crippen LogP contribution in [0.25, 0.3) is 0 Å². The Bertz CT molecular complexity index is 1050. The van der Waals surface area contributed by atoms with Crippen LogP contribution in [0, 0.1) is 21.3 Å². The van der Waals surface area contributed by atoms with Crippen molar-refractivity contribution in [2.45, 2.75) is 103 Å². The Hall–Kier alpha value is -2.43. The van der Waals surface area contributed by atoms with E-state index in [9.17, 15) is 19.2 Å². The van der Waals surface area contributed by atoms with E-state index in [0.29, 0.717) is 53.4 Å². The Kier molecular flexibility index (Phi) is 14.8. The molecular weight excluding hydrogens is 651 g/mol. The van der Waals surface area contributed by atoms with Gasteiger partial charge in [0.15, 0.2) is 0 Å². The minimum Gasteiger partial charge on any atom is -0.465 e. The van der Waals surface area contributed by atoms with Crippen LogP contribution in [0.1, 0.15) is 107 Å². The van der Waals surface area contributed by atoms with Gasteiger partial charge in [0.2, 0.25) is 0 Å². The van der Waals surface area contributed by atoms with E-state index in [1.54, 1.807) is 18.2 Å². The first-order valence-corrected chi connectivity index (χ1v) is 16.6. The minimum atomic E-state index is -0.463. The molecule has 0 spiro atoms. The number of ether oxygens (including phenoxy) is 4. The van der Waals surface area contributed by atoms with Crippen molar-refractivity contribution in [1.82, 2.24) is 0 Å². The average Bonchev–Trinajstić information content (AvgIpc) is 3.00. The molecule has 0 aromatic heterocycles. The fourth-order valence-corrected chi connectivity index (χ4v) is 6.26. The van der Waals surface area contributed by atoms with Gasteiger partial charge in [-0.3, -0.25) is 9.59 Å². The van der Waals surface area contributed by atoms with E-state index in [4.69, 9.17) is 18.9 Å². The summed E-state index contributed by atoms with van der Waals surface area (Å²) >= 11 is 2.08. The van der Waals surface area contributed by atoms with Crippen molar-refractivity contribution in [3.63, 3.8) is 0 Å². The Morgan fingerprint density at radius 2 is 1.50 bits per heavy atom. The summed E-state index contributed by atoms with van der Waals surface area (Å²) in [6.07, 6.45) is 13.7. The molecule has 0 atom stereocenters. The smallest absolute Gasteiger partial charge is 0.338 e. The van der Waals surface area contributed by atoms with Gasteiger partial charge in [0.25, 0.3) is 0 Å². The van der Waals surface area contributed by atoms with Gasteiger partial charge in [0.05, 0.1) is 34.2 Å². The lowest BCUT2D eigenvalue weighted by Crippen LogP contribution is -2.29.